The van der Waals surface area contributed by atoms with Gasteiger partial charge in [0.2, 0.25) is 5.91 Å². The highest BCUT2D eigenvalue weighted by Gasteiger charge is 2.06. The van der Waals surface area contributed by atoms with Crippen molar-refractivity contribution in [2.75, 3.05) is 5.32 Å². The summed E-state index contributed by atoms with van der Waals surface area (Å²) in [4.78, 5) is 24.5. The van der Waals surface area contributed by atoms with Crippen LogP contribution < -0.4 is 5.32 Å². The number of rotatable bonds is 18. The van der Waals surface area contributed by atoms with E-state index in [9.17, 15) is 14.9 Å². The minimum absolute atomic E-state index is 0.0684. The number of carbonyl (C=O) groups excluding carboxylic acids is 1. The molecule has 2 aromatic rings. The maximum Gasteiger partial charge on any atom is 0.269 e. The lowest BCUT2D eigenvalue weighted by Crippen LogP contribution is -2.10. The molecule has 0 atom stereocenters. The number of nitro benzene ring substituents is 1. The number of unbranched alkanes of at least 4 members (excludes halogenated alkanes) is 12. The Hall–Kier alpha value is -2.34. The van der Waals surface area contributed by atoms with Gasteiger partial charge in [-0.15, -0.1) is 0 Å². The molecule has 0 unspecified atom stereocenters. The molecule has 34 heavy (non-hydrogen) atoms. The molecule has 0 saturated carbocycles. The van der Waals surface area contributed by atoms with Gasteiger partial charge in [-0.1, -0.05) is 95.7 Å². The van der Waals surface area contributed by atoms with Gasteiger partial charge in [-0.25, -0.2) is 0 Å². The molecule has 0 radical (unpaired) electrons. The molecule has 0 heterocycles. The summed E-state index contributed by atoms with van der Waals surface area (Å²) in [5, 5.41) is 13.7. The van der Waals surface area contributed by atoms with Crippen molar-refractivity contribution in [3.63, 3.8) is 0 Å². The third-order valence-corrected chi connectivity index (χ3v) is 6.94. The molecule has 0 fully saturated rings. The SMILES string of the molecule is CCCCCCCCCCCCCCCC(=O)Nc1ccc(Sc2ccc([N+](=O)[O-])cc2)cc1. The van der Waals surface area contributed by atoms with Crippen LogP contribution >= 0.6 is 11.8 Å². The molecule has 186 valence electrons. The van der Waals surface area contributed by atoms with Gasteiger partial charge in [0, 0.05) is 34.0 Å². The zero-order valence-electron chi connectivity index (χ0n) is 20.6. The number of non-ortho nitro benzene ring substituents is 1. The van der Waals surface area contributed by atoms with E-state index in [1.165, 1.54) is 94.5 Å². The number of anilines is 1. The highest BCUT2D eigenvalue weighted by Crippen LogP contribution is 2.29. The van der Waals surface area contributed by atoms with Gasteiger partial charge in [0.25, 0.3) is 5.69 Å². The number of nitrogens with zero attached hydrogens (tertiary/aromatic N) is 1. The quantitative estimate of drug-likeness (QED) is 0.130. The topological polar surface area (TPSA) is 72.2 Å². The molecule has 5 nitrogen and oxygen atoms in total. The number of hydrogen-bond acceptors (Lipinski definition) is 4. The smallest absolute Gasteiger partial charge is 0.269 e. The van der Waals surface area contributed by atoms with Crippen molar-refractivity contribution in [2.24, 2.45) is 0 Å². The highest BCUT2D eigenvalue weighted by molar-refractivity contribution is 7.99. The van der Waals surface area contributed by atoms with E-state index in [1.54, 1.807) is 12.1 Å². The predicted molar refractivity (Wildman–Crippen MR) is 143 cm³/mol. The minimum atomic E-state index is -0.399. The summed E-state index contributed by atoms with van der Waals surface area (Å²) in [6, 6.07) is 14.2. The van der Waals surface area contributed by atoms with Crippen molar-refractivity contribution in [3.8, 4) is 0 Å². The van der Waals surface area contributed by atoms with Gasteiger partial charge >= 0.3 is 0 Å². The Morgan fingerprint density at radius 2 is 1.18 bits per heavy atom. The van der Waals surface area contributed by atoms with Crippen molar-refractivity contribution < 1.29 is 9.72 Å². The van der Waals surface area contributed by atoms with Crippen molar-refractivity contribution in [1.82, 2.24) is 0 Å². The second-order valence-corrected chi connectivity index (χ2v) is 10.1. The van der Waals surface area contributed by atoms with E-state index in [-0.39, 0.29) is 11.6 Å². The van der Waals surface area contributed by atoms with Gasteiger partial charge in [0.1, 0.15) is 0 Å². The summed E-state index contributed by atoms with van der Waals surface area (Å²) in [5.41, 5.74) is 0.888. The molecule has 0 spiro atoms. The Labute approximate surface area is 209 Å². The number of nitrogens with one attached hydrogen (secondary N) is 1. The van der Waals surface area contributed by atoms with E-state index in [1.807, 2.05) is 24.3 Å². The van der Waals surface area contributed by atoms with E-state index >= 15 is 0 Å². The van der Waals surface area contributed by atoms with Crippen molar-refractivity contribution in [1.29, 1.82) is 0 Å². The maximum atomic E-state index is 12.2. The second-order valence-electron chi connectivity index (χ2n) is 8.92. The average molecular weight is 485 g/mol. The van der Waals surface area contributed by atoms with Crippen LogP contribution in [-0.2, 0) is 4.79 Å². The van der Waals surface area contributed by atoms with Gasteiger partial charge in [-0.3, -0.25) is 14.9 Å². The molecule has 1 N–H and O–H groups in total. The predicted octanol–water partition coefficient (Wildman–Crippen LogP) is 9.17. The Balaban J connectivity index is 1.51. The van der Waals surface area contributed by atoms with Gasteiger partial charge in [-0.05, 0) is 42.8 Å². The number of benzene rings is 2. The molecule has 0 aliphatic carbocycles. The van der Waals surface area contributed by atoms with Crippen LogP contribution in [0.3, 0.4) is 0 Å². The summed E-state index contributed by atoms with van der Waals surface area (Å²) >= 11 is 1.53. The standard InChI is InChI=1S/C28H40N2O3S/c1-2-3-4-5-6-7-8-9-10-11-12-13-14-15-28(31)29-24-16-20-26(21-17-24)34-27-22-18-25(19-23-27)30(32)33/h16-23H,2-15H2,1H3,(H,29,31). The Morgan fingerprint density at radius 3 is 1.65 bits per heavy atom. The van der Waals surface area contributed by atoms with Crippen LogP contribution in [0.1, 0.15) is 96.8 Å². The Morgan fingerprint density at radius 1 is 0.735 bits per heavy atom. The first-order valence-corrected chi connectivity index (χ1v) is 13.7. The highest BCUT2D eigenvalue weighted by atomic mass is 32.2. The fraction of sp³-hybridized carbons (Fsp3) is 0.536. The van der Waals surface area contributed by atoms with Crippen LogP contribution in [-0.4, -0.2) is 10.8 Å². The fourth-order valence-electron chi connectivity index (χ4n) is 3.91. The lowest BCUT2D eigenvalue weighted by Gasteiger charge is -2.07. The normalized spacial score (nSPS) is 10.9. The van der Waals surface area contributed by atoms with Gasteiger partial charge < -0.3 is 5.32 Å². The first-order chi connectivity index (χ1) is 16.6. The zero-order chi connectivity index (χ0) is 24.4. The number of nitro groups is 1. The van der Waals surface area contributed by atoms with Crippen molar-refractivity contribution >= 4 is 29.0 Å². The van der Waals surface area contributed by atoms with Crippen molar-refractivity contribution in [2.45, 2.75) is 107 Å². The van der Waals surface area contributed by atoms with Crippen LogP contribution in [0.5, 0.6) is 0 Å². The van der Waals surface area contributed by atoms with E-state index in [0.29, 0.717) is 6.42 Å². The number of hydrogen-bond donors (Lipinski definition) is 1. The summed E-state index contributed by atoms with van der Waals surface area (Å²) in [6.07, 6.45) is 17.5. The molecule has 2 aromatic carbocycles. The lowest BCUT2D eigenvalue weighted by molar-refractivity contribution is -0.384. The molecule has 0 saturated heterocycles. The lowest BCUT2D eigenvalue weighted by atomic mass is 10.0. The Bertz CT molecular complexity index is 838. The molecule has 1 amide bonds. The van der Waals surface area contributed by atoms with Gasteiger partial charge in [0.15, 0.2) is 0 Å². The Kier molecular flexibility index (Phi) is 14.1. The molecule has 6 heteroatoms. The van der Waals surface area contributed by atoms with Crippen LogP contribution in [0.4, 0.5) is 11.4 Å². The zero-order valence-corrected chi connectivity index (χ0v) is 21.4. The molecule has 0 aliphatic heterocycles. The van der Waals surface area contributed by atoms with E-state index in [0.717, 1.165) is 28.3 Å². The van der Waals surface area contributed by atoms with Gasteiger partial charge in [-0.2, -0.15) is 0 Å². The van der Waals surface area contributed by atoms with E-state index < -0.39 is 4.92 Å². The molecule has 2 rings (SSSR count). The summed E-state index contributed by atoms with van der Waals surface area (Å²) in [6.45, 7) is 2.26. The molecular formula is C28H40N2O3S. The first kappa shape index (κ1) is 27.9. The maximum absolute atomic E-state index is 12.2. The third kappa shape index (κ3) is 12.2. The molecule has 0 aliphatic rings. The van der Waals surface area contributed by atoms with E-state index in [2.05, 4.69) is 12.2 Å². The van der Waals surface area contributed by atoms with E-state index in [4.69, 9.17) is 0 Å². The second kappa shape index (κ2) is 17.1. The van der Waals surface area contributed by atoms with Crippen LogP contribution in [0.25, 0.3) is 0 Å². The molecule has 0 bridgehead atoms. The first-order valence-electron chi connectivity index (χ1n) is 12.9. The third-order valence-electron chi connectivity index (χ3n) is 5.93. The summed E-state index contributed by atoms with van der Waals surface area (Å²) < 4.78 is 0. The van der Waals surface area contributed by atoms with Crippen LogP contribution in [0.15, 0.2) is 58.3 Å². The van der Waals surface area contributed by atoms with Gasteiger partial charge in [0.05, 0.1) is 4.92 Å². The van der Waals surface area contributed by atoms with Crippen molar-refractivity contribution in [3.05, 3.63) is 58.6 Å². The fourth-order valence-corrected chi connectivity index (χ4v) is 4.72. The molecular weight excluding hydrogens is 444 g/mol. The summed E-state index contributed by atoms with van der Waals surface area (Å²) in [7, 11) is 0. The average Bonchev–Trinajstić information content (AvgIpc) is 2.83. The minimum Gasteiger partial charge on any atom is -0.326 e. The number of carbonyl (C=O) groups is 1. The summed E-state index contributed by atoms with van der Waals surface area (Å²) in [5.74, 6) is 0.0684. The van der Waals surface area contributed by atoms with Crippen LogP contribution in [0.2, 0.25) is 0 Å². The monoisotopic (exact) mass is 484 g/mol. The molecule has 0 aromatic heterocycles. The van der Waals surface area contributed by atoms with Crippen LogP contribution in [0, 0.1) is 10.1 Å². The number of amides is 1. The largest absolute Gasteiger partial charge is 0.326 e.